The number of hydrogen-bond acceptors (Lipinski definition) is 6. The molecule has 0 unspecified atom stereocenters. The molecule has 1 aromatic carbocycles. The van der Waals surface area contributed by atoms with Gasteiger partial charge in [0.2, 0.25) is 0 Å². The number of carbonyl (C=O) groups excluding carboxylic acids is 1. The van der Waals surface area contributed by atoms with Crippen LogP contribution in [0.4, 0.5) is 0 Å². The molecule has 7 nitrogen and oxygen atoms in total. The zero-order chi connectivity index (χ0) is 17.5. The van der Waals surface area contributed by atoms with Gasteiger partial charge in [-0.1, -0.05) is 23.9 Å². The van der Waals surface area contributed by atoms with Crippen LogP contribution in [0.2, 0.25) is 0 Å². The average Bonchev–Trinajstić information content (AvgIpc) is 3.06. The first kappa shape index (κ1) is 16.8. The Morgan fingerprint density at radius 2 is 2.00 bits per heavy atom. The molecule has 0 aliphatic carbocycles. The fourth-order valence-electron chi connectivity index (χ4n) is 1.98. The molecule has 8 heteroatoms. The molecule has 0 aliphatic rings. The molecular formula is C17H16N6OS. The molecule has 0 saturated heterocycles. The monoisotopic (exact) mass is 352 g/mol. The lowest BCUT2D eigenvalue weighted by atomic mass is 10.1. The van der Waals surface area contributed by atoms with E-state index in [9.17, 15) is 4.79 Å². The molecule has 2 aromatic heterocycles. The van der Waals surface area contributed by atoms with E-state index < -0.39 is 0 Å². The Balaban J connectivity index is 1.53. The number of aryl methyl sites for hydroxylation is 1. The first-order chi connectivity index (χ1) is 12.2. The standard InChI is InChI=1S/C17H16N6OS/c1-23-12-20-22-17(23)25-11-14-2-4-15(5-3-14)16(24)21-19-10-13-6-8-18-9-7-13/h2-10,12H,11H2,1H3,(H,21,24)/b19-10-. The van der Waals surface area contributed by atoms with Gasteiger partial charge in [-0.05, 0) is 35.4 Å². The zero-order valence-corrected chi connectivity index (χ0v) is 14.3. The number of hydrazone groups is 1. The van der Waals surface area contributed by atoms with E-state index in [-0.39, 0.29) is 5.91 Å². The topological polar surface area (TPSA) is 85.1 Å². The van der Waals surface area contributed by atoms with Gasteiger partial charge in [0.05, 0.1) is 6.21 Å². The number of pyridine rings is 1. The summed E-state index contributed by atoms with van der Waals surface area (Å²) in [5, 5.41) is 12.7. The van der Waals surface area contributed by atoms with Crippen LogP contribution in [0.15, 0.2) is 65.4 Å². The van der Waals surface area contributed by atoms with Crippen LogP contribution in [0.25, 0.3) is 0 Å². The van der Waals surface area contributed by atoms with Crippen molar-refractivity contribution in [2.75, 3.05) is 0 Å². The van der Waals surface area contributed by atoms with Crippen molar-refractivity contribution in [1.82, 2.24) is 25.2 Å². The van der Waals surface area contributed by atoms with Crippen LogP contribution in [0.5, 0.6) is 0 Å². The van der Waals surface area contributed by atoms with E-state index in [2.05, 4.69) is 25.7 Å². The molecule has 25 heavy (non-hydrogen) atoms. The van der Waals surface area contributed by atoms with E-state index in [1.54, 1.807) is 61.0 Å². The fraction of sp³-hybridized carbons (Fsp3) is 0.118. The number of nitrogens with zero attached hydrogens (tertiary/aromatic N) is 5. The van der Waals surface area contributed by atoms with E-state index >= 15 is 0 Å². The Hall–Kier alpha value is -3.00. The third-order valence-corrected chi connectivity index (χ3v) is 4.45. The van der Waals surface area contributed by atoms with Crippen LogP contribution >= 0.6 is 11.8 Å². The highest BCUT2D eigenvalue weighted by Crippen LogP contribution is 2.20. The molecule has 0 bridgehead atoms. The summed E-state index contributed by atoms with van der Waals surface area (Å²) >= 11 is 1.59. The molecule has 0 fully saturated rings. The van der Waals surface area contributed by atoms with Crippen molar-refractivity contribution in [2.24, 2.45) is 12.1 Å². The van der Waals surface area contributed by atoms with Gasteiger partial charge in [-0.25, -0.2) is 5.43 Å². The SMILES string of the molecule is Cn1cnnc1SCc1ccc(C(=O)N/N=C\c2ccncc2)cc1. The Morgan fingerprint density at radius 3 is 2.68 bits per heavy atom. The molecule has 1 amide bonds. The van der Waals surface area contributed by atoms with Crippen molar-refractivity contribution in [3.63, 3.8) is 0 Å². The molecule has 3 aromatic rings. The lowest BCUT2D eigenvalue weighted by Gasteiger charge is -2.03. The number of nitrogens with one attached hydrogen (secondary N) is 1. The summed E-state index contributed by atoms with van der Waals surface area (Å²) in [4.78, 5) is 16.0. The summed E-state index contributed by atoms with van der Waals surface area (Å²) in [5.74, 6) is 0.507. The summed E-state index contributed by atoms with van der Waals surface area (Å²) < 4.78 is 1.87. The quantitative estimate of drug-likeness (QED) is 0.418. The van der Waals surface area contributed by atoms with Crippen molar-refractivity contribution in [1.29, 1.82) is 0 Å². The van der Waals surface area contributed by atoms with Crippen molar-refractivity contribution < 1.29 is 4.79 Å². The summed E-state index contributed by atoms with van der Waals surface area (Å²) in [5.41, 5.74) is 5.04. The molecular weight excluding hydrogens is 336 g/mol. The van der Waals surface area contributed by atoms with Gasteiger partial charge < -0.3 is 4.57 Å². The van der Waals surface area contributed by atoms with Crippen LogP contribution in [0, 0.1) is 0 Å². The number of carbonyl (C=O) groups is 1. The van der Waals surface area contributed by atoms with E-state index in [0.717, 1.165) is 22.0 Å². The number of aromatic nitrogens is 4. The summed E-state index contributed by atoms with van der Waals surface area (Å²) in [6, 6.07) is 11.0. The molecule has 0 radical (unpaired) electrons. The van der Waals surface area contributed by atoms with Crippen molar-refractivity contribution in [2.45, 2.75) is 10.9 Å². The van der Waals surface area contributed by atoms with Gasteiger partial charge in [-0.2, -0.15) is 5.10 Å². The van der Waals surface area contributed by atoms with Crippen LogP contribution in [0.3, 0.4) is 0 Å². The maximum Gasteiger partial charge on any atom is 0.271 e. The average molecular weight is 352 g/mol. The second-order valence-corrected chi connectivity index (χ2v) is 6.13. The Labute approximate surface area is 149 Å². The number of hydrogen-bond donors (Lipinski definition) is 1. The van der Waals surface area contributed by atoms with Gasteiger partial charge in [0.25, 0.3) is 5.91 Å². The number of rotatable bonds is 6. The second kappa shape index (κ2) is 8.20. The third kappa shape index (κ3) is 4.74. The van der Waals surface area contributed by atoms with Gasteiger partial charge in [0.1, 0.15) is 6.33 Å². The van der Waals surface area contributed by atoms with Gasteiger partial charge in [0.15, 0.2) is 5.16 Å². The van der Waals surface area contributed by atoms with Crippen molar-refractivity contribution >= 4 is 23.9 Å². The van der Waals surface area contributed by atoms with Gasteiger partial charge in [0, 0.05) is 30.8 Å². The third-order valence-electron chi connectivity index (χ3n) is 3.34. The van der Waals surface area contributed by atoms with E-state index in [1.165, 1.54) is 0 Å². The Morgan fingerprint density at radius 1 is 1.24 bits per heavy atom. The summed E-state index contributed by atoms with van der Waals surface area (Å²) in [7, 11) is 1.91. The highest BCUT2D eigenvalue weighted by atomic mass is 32.2. The largest absolute Gasteiger partial charge is 0.312 e. The van der Waals surface area contributed by atoms with Crippen LogP contribution in [-0.4, -0.2) is 31.9 Å². The minimum absolute atomic E-state index is 0.252. The predicted molar refractivity (Wildman–Crippen MR) is 96.3 cm³/mol. The maximum absolute atomic E-state index is 12.1. The lowest BCUT2D eigenvalue weighted by molar-refractivity contribution is 0.0955. The Bertz CT molecular complexity index is 860. The molecule has 1 N–H and O–H groups in total. The second-order valence-electron chi connectivity index (χ2n) is 5.19. The number of thioether (sulfide) groups is 1. The molecule has 126 valence electrons. The van der Waals surface area contributed by atoms with Crippen molar-refractivity contribution in [3.8, 4) is 0 Å². The fourth-order valence-corrected chi connectivity index (χ4v) is 2.83. The van der Waals surface area contributed by atoms with E-state index in [1.807, 2.05) is 23.7 Å². The molecule has 0 atom stereocenters. The molecule has 0 aliphatic heterocycles. The smallest absolute Gasteiger partial charge is 0.271 e. The summed E-state index contributed by atoms with van der Waals surface area (Å²) in [6.07, 6.45) is 6.58. The zero-order valence-electron chi connectivity index (χ0n) is 13.5. The van der Waals surface area contributed by atoms with Crippen LogP contribution < -0.4 is 5.43 Å². The van der Waals surface area contributed by atoms with Crippen LogP contribution in [0.1, 0.15) is 21.5 Å². The number of benzene rings is 1. The minimum Gasteiger partial charge on any atom is -0.312 e. The predicted octanol–water partition coefficient (Wildman–Crippen LogP) is 2.27. The van der Waals surface area contributed by atoms with Gasteiger partial charge in [-0.3, -0.25) is 9.78 Å². The molecule has 0 saturated carbocycles. The van der Waals surface area contributed by atoms with Crippen molar-refractivity contribution in [3.05, 3.63) is 71.8 Å². The number of amides is 1. The molecule has 3 rings (SSSR count). The maximum atomic E-state index is 12.1. The first-order valence-corrected chi connectivity index (χ1v) is 8.50. The highest BCUT2D eigenvalue weighted by Gasteiger charge is 2.06. The Kier molecular flexibility index (Phi) is 5.53. The van der Waals surface area contributed by atoms with Gasteiger partial charge in [-0.15, -0.1) is 10.2 Å². The highest BCUT2D eigenvalue weighted by molar-refractivity contribution is 7.98. The van der Waals surface area contributed by atoms with Crippen LogP contribution in [-0.2, 0) is 12.8 Å². The van der Waals surface area contributed by atoms with E-state index in [0.29, 0.717) is 5.56 Å². The first-order valence-electron chi connectivity index (χ1n) is 7.51. The lowest BCUT2D eigenvalue weighted by Crippen LogP contribution is -2.17. The normalized spacial score (nSPS) is 10.9. The molecule has 2 heterocycles. The van der Waals surface area contributed by atoms with E-state index in [4.69, 9.17) is 0 Å². The van der Waals surface area contributed by atoms with Gasteiger partial charge >= 0.3 is 0 Å². The minimum atomic E-state index is -0.252. The molecule has 0 spiro atoms. The summed E-state index contributed by atoms with van der Waals surface area (Å²) in [6.45, 7) is 0.